The minimum Gasteiger partial charge on any atom is -0.543 e. The second-order valence-corrected chi connectivity index (χ2v) is 24.5. The second-order valence-electron chi connectivity index (χ2n) is 12.2. The van der Waals surface area contributed by atoms with Crippen molar-refractivity contribution in [1.82, 2.24) is 0 Å². The molecule has 0 N–H and O–H groups in total. The molecule has 0 aliphatic rings. The molecule has 0 aromatic heterocycles. The average Bonchev–Trinajstić information content (AvgIpc) is 2.85. The summed E-state index contributed by atoms with van der Waals surface area (Å²) in [6.07, 6.45) is 10.8. The molecule has 0 spiro atoms. The van der Waals surface area contributed by atoms with E-state index in [9.17, 15) is 0 Å². The van der Waals surface area contributed by atoms with E-state index in [1.54, 1.807) is 0 Å². The number of hydrogen-bond acceptors (Lipinski definition) is 3. The van der Waals surface area contributed by atoms with Crippen LogP contribution in [0.25, 0.3) is 0 Å². The van der Waals surface area contributed by atoms with Crippen molar-refractivity contribution in [3.8, 4) is 17.2 Å². The maximum Gasteiger partial charge on any atom is 0.251 e. The van der Waals surface area contributed by atoms with Gasteiger partial charge in [-0.2, -0.15) is 0 Å². The molecular formula is C33H66O3Si3. The Morgan fingerprint density at radius 1 is 0.333 bits per heavy atom. The summed E-state index contributed by atoms with van der Waals surface area (Å²) in [6, 6.07) is 17.8. The zero-order valence-electron chi connectivity index (χ0n) is 27.7. The Hall–Kier alpha value is -0.729. The van der Waals surface area contributed by atoms with Crippen LogP contribution in [0.4, 0.5) is 0 Å². The van der Waals surface area contributed by atoms with Gasteiger partial charge in [-0.1, -0.05) is 120 Å². The molecule has 0 fully saturated rings. The predicted molar refractivity (Wildman–Crippen MR) is 181 cm³/mol. The van der Waals surface area contributed by atoms with Crippen LogP contribution in [0.1, 0.15) is 120 Å². The molecule has 0 radical (unpaired) electrons. The maximum absolute atomic E-state index is 7.20. The van der Waals surface area contributed by atoms with Crippen molar-refractivity contribution < 1.29 is 13.3 Å². The molecule has 0 heterocycles. The zero-order chi connectivity index (χ0) is 29.2. The molecule has 0 saturated carbocycles. The van der Waals surface area contributed by atoms with Crippen LogP contribution in [0.15, 0.2) is 18.2 Å². The molecule has 1 aromatic carbocycles. The normalized spacial score (nSPS) is 12.5. The Bertz CT molecular complexity index is 607. The van der Waals surface area contributed by atoms with Crippen molar-refractivity contribution in [2.45, 2.75) is 174 Å². The van der Waals surface area contributed by atoms with E-state index >= 15 is 0 Å². The van der Waals surface area contributed by atoms with Gasteiger partial charge in [-0.3, -0.25) is 0 Å². The van der Waals surface area contributed by atoms with Crippen LogP contribution >= 0.6 is 0 Å². The quantitative estimate of drug-likeness (QED) is 0.111. The molecule has 0 aliphatic carbocycles. The van der Waals surface area contributed by atoms with Crippen molar-refractivity contribution in [2.75, 3.05) is 0 Å². The lowest BCUT2D eigenvalue weighted by molar-refractivity contribution is 0.478. The van der Waals surface area contributed by atoms with Crippen molar-refractivity contribution in [1.29, 1.82) is 0 Å². The highest BCUT2D eigenvalue weighted by Crippen LogP contribution is 2.39. The molecule has 0 atom stereocenters. The van der Waals surface area contributed by atoms with E-state index < -0.39 is 25.0 Å². The molecular weight excluding hydrogens is 529 g/mol. The highest BCUT2D eigenvalue weighted by Gasteiger charge is 2.38. The predicted octanol–water partition coefficient (Wildman–Crippen LogP) is 12.3. The largest absolute Gasteiger partial charge is 0.543 e. The van der Waals surface area contributed by atoms with E-state index in [-0.39, 0.29) is 0 Å². The fraction of sp³-hybridized carbons (Fsp3) is 0.818. The molecule has 39 heavy (non-hydrogen) atoms. The van der Waals surface area contributed by atoms with Crippen LogP contribution in [-0.4, -0.2) is 25.0 Å². The van der Waals surface area contributed by atoms with E-state index in [2.05, 4.69) is 80.5 Å². The SMILES string of the molecule is CCC[Si](CCC)(CCC)Oc1cc(O[Si](CCC)(CCC)CCC)cc(O[Si](CCC)(CCC)CCC)c1. The van der Waals surface area contributed by atoms with Gasteiger partial charge in [0.25, 0.3) is 25.0 Å². The summed E-state index contributed by atoms with van der Waals surface area (Å²) in [6.45, 7) is 20.9. The number of hydrogen-bond donors (Lipinski definition) is 0. The fourth-order valence-electron chi connectivity index (χ4n) is 7.16. The molecule has 0 amide bonds. The first-order valence-corrected chi connectivity index (χ1v) is 24.6. The third-order valence-electron chi connectivity index (χ3n) is 8.21. The molecule has 1 aromatic rings. The standard InChI is InChI=1S/C33H66O3Si3/c1-10-19-37(20-11-2,21-12-3)34-31-28-32(35-38(22-13-4,23-14-5)24-15-6)30-33(29-31)36-39(25-16-7,26-17-8)27-18-9/h28-30H,10-27H2,1-9H3. The summed E-state index contributed by atoms with van der Waals surface area (Å²) in [5.41, 5.74) is 0. The smallest absolute Gasteiger partial charge is 0.251 e. The van der Waals surface area contributed by atoms with Crippen molar-refractivity contribution in [3.05, 3.63) is 18.2 Å². The van der Waals surface area contributed by atoms with Gasteiger partial charge in [0.05, 0.1) is 0 Å². The Kier molecular flexibility index (Phi) is 18.1. The molecule has 0 bridgehead atoms. The summed E-state index contributed by atoms with van der Waals surface area (Å²) < 4.78 is 21.6. The van der Waals surface area contributed by atoms with Gasteiger partial charge in [0, 0.05) is 18.2 Å². The highest BCUT2D eigenvalue weighted by molar-refractivity contribution is 6.75. The van der Waals surface area contributed by atoms with Gasteiger partial charge in [0.1, 0.15) is 17.2 Å². The first kappa shape index (κ1) is 36.3. The molecule has 0 saturated heterocycles. The Morgan fingerprint density at radius 3 is 0.615 bits per heavy atom. The average molecular weight is 595 g/mol. The summed E-state index contributed by atoms with van der Waals surface area (Å²) in [7, 11) is -5.64. The molecule has 6 heteroatoms. The van der Waals surface area contributed by atoms with E-state index in [0.29, 0.717) is 0 Å². The maximum atomic E-state index is 7.20. The van der Waals surface area contributed by atoms with Crippen LogP contribution in [0.3, 0.4) is 0 Å². The fourth-order valence-corrected chi connectivity index (χ4v) is 20.4. The first-order chi connectivity index (χ1) is 18.8. The topological polar surface area (TPSA) is 27.7 Å². The second kappa shape index (κ2) is 19.4. The zero-order valence-corrected chi connectivity index (χ0v) is 30.7. The third kappa shape index (κ3) is 12.0. The Morgan fingerprint density at radius 2 is 0.487 bits per heavy atom. The van der Waals surface area contributed by atoms with Gasteiger partial charge in [-0.15, -0.1) is 0 Å². The van der Waals surface area contributed by atoms with E-state index in [4.69, 9.17) is 13.3 Å². The Labute approximate surface area is 247 Å². The van der Waals surface area contributed by atoms with Gasteiger partial charge in [0.15, 0.2) is 0 Å². The highest BCUT2D eigenvalue weighted by atomic mass is 28.4. The van der Waals surface area contributed by atoms with Crippen LogP contribution in [0.2, 0.25) is 54.4 Å². The summed E-state index contributed by atoms with van der Waals surface area (Å²) in [4.78, 5) is 0. The van der Waals surface area contributed by atoms with Crippen molar-refractivity contribution in [2.24, 2.45) is 0 Å². The van der Waals surface area contributed by atoms with Crippen LogP contribution in [-0.2, 0) is 0 Å². The van der Waals surface area contributed by atoms with Crippen LogP contribution < -0.4 is 13.3 Å². The third-order valence-corrected chi connectivity index (χ3v) is 22.9. The lowest BCUT2D eigenvalue weighted by atomic mass is 10.3. The Balaban J connectivity index is 3.68. The molecule has 0 unspecified atom stereocenters. The minimum absolute atomic E-state index is 1.02. The number of rotatable bonds is 24. The van der Waals surface area contributed by atoms with E-state index in [0.717, 1.165) is 17.2 Å². The summed E-state index contributed by atoms with van der Waals surface area (Å²) in [5, 5.41) is 0. The van der Waals surface area contributed by atoms with Crippen LogP contribution in [0, 0.1) is 0 Å². The number of benzene rings is 1. The minimum atomic E-state index is -1.88. The summed E-state index contributed by atoms with van der Waals surface area (Å²) in [5.74, 6) is 3.05. The van der Waals surface area contributed by atoms with Crippen LogP contribution in [0.5, 0.6) is 17.2 Å². The molecule has 3 nitrogen and oxygen atoms in total. The molecule has 228 valence electrons. The molecule has 0 aliphatic heterocycles. The van der Waals surface area contributed by atoms with Gasteiger partial charge in [0.2, 0.25) is 0 Å². The van der Waals surface area contributed by atoms with Crippen molar-refractivity contribution >= 4 is 25.0 Å². The molecule has 1 rings (SSSR count). The van der Waals surface area contributed by atoms with Crippen molar-refractivity contribution in [3.63, 3.8) is 0 Å². The first-order valence-electron chi connectivity index (χ1n) is 17.0. The van der Waals surface area contributed by atoms with Gasteiger partial charge in [-0.05, 0) is 54.4 Å². The van der Waals surface area contributed by atoms with Gasteiger partial charge in [-0.25, -0.2) is 0 Å². The lowest BCUT2D eigenvalue weighted by Crippen LogP contribution is -2.42. The van der Waals surface area contributed by atoms with Gasteiger partial charge >= 0.3 is 0 Å². The van der Waals surface area contributed by atoms with E-state index in [1.807, 2.05) is 0 Å². The van der Waals surface area contributed by atoms with Gasteiger partial charge < -0.3 is 13.3 Å². The van der Waals surface area contributed by atoms with E-state index in [1.165, 1.54) is 112 Å². The lowest BCUT2D eigenvalue weighted by Gasteiger charge is -2.35. The summed E-state index contributed by atoms with van der Waals surface area (Å²) >= 11 is 0. The monoisotopic (exact) mass is 594 g/mol.